The van der Waals surface area contributed by atoms with Crippen LogP contribution in [0.15, 0.2) is 30.6 Å². The standard InChI is InChI=1S/C17H15N5O/c1-3-22-10-19-15-16(18)20-14(21-17(15)22)9-6-12-4-7-13(8-5-12)11(2)23/h4-5,7-8,10H,3H2,1-2H3,(H2,18,20,21). The zero-order chi connectivity index (χ0) is 16.4. The molecular weight excluding hydrogens is 290 g/mol. The number of benzene rings is 1. The van der Waals surface area contributed by atoms with Gasteiger partial charge in [-0.1, -0.05) is 18.1 Å². The van der Waals surface area contributed by atoms with Crippen LogP contribution >= 0.6 is 0 Å². The first-order valence-corrected chi connectivity index (χ1v) is 7.20. The Kier molecular flexibility index (Phi) is 3.77. The fourth-order valence-electron chi connectivity index (χ4n) is 2.17. The van der Waals surface area contributed by atoms with Crippen molar-refractivity contribution in [1.82, 2.24) is 19.5 Å². The van der Waals surface area contributed by atoms with Gasteiger partial charge < -0.3 is 10.3 Å². The number of anilines is 1. The summed E-state index contributed by atoms with van der Waals surface area (Å²) >= 11 is 0. The van der Waals surface area contributed by atoms with Gasteiger partial charge in [-0.3, -0.25) is 4.79 Å². The van der Waals surface area contributed by atoms with Gasteiger partial charge in [0.2, 0.25) is 5.82 Å². The number of aryl methyl sites for hydroxylation is 1. The van der Waals surface area contributed by atoms with Gasteiger partial charge in [-0.15, -0.1) is 0 Å². The molecule has 2 N–H and O–H groups in total. The van der Waals surface area contributed by atoms with Gasteiger partial charge >= 0.3 is 0 Å². The van der Waals surface area contributed by atoms with Crippen molar-refractivity contribution in [3.63, 3.8) is 0 Å². The minimum Gasteiger partial charge on any atom is -0.382 e. The SMILES string of the molecule is CCn1cnc2c(N)nc(C#Cc3ccc(C(C)=O)cc3)nc21. The van der Waals surface area contributed by atoms with Crippen LogP contribution in [-0.4, -0.2) is 25.3 Å². The van der Waals surface area contributed by atoms with Gasteiger partial charge in [0.05, 0.1) is 6.33 Å². The molecule has 0 aliphatic heterocycles. The summed E-state index contributed by atoms with van der Waals surface area (Å²) in [5.74, 6) is 6.58. The number of carbonyl (C=O) groups excluding carboxylic acids is 1. The summed E-state index contributed by atoms with van der Waals surface area (Å²) in [6.45, 7) is 4.27. The number of nitrogens with two attached hydrogens (primary N) is 1. The van der Waals surface area contributed by atoms with Crippen molar-refractivity contribution in [2.24, 2.45) is 0 Å². The molecule has 0 saturated carbocycles. The minimum atomic E-state index is 0.0268. The second kappa shape index (κ2) is 5.89. The van der Waals surface area contributed by atoms with E-state index in [1.807, 2.05) is 11.5 Å². The number of Topliss-reactive ketones (excluding diaryl/α,β-unsaturated/α-hetero) is 1. The van der Waals surface area contributed by atoms with Crippen LogP contribution in [0.1, 0.15) is 35.6 Å². The van der Waals surface area contributed by atoms with E-state index in [0.717, 1.165) is 12.1 Å². The van der Waals surface area contributed by atoms with E-state index < -0.39 is 0 Å². The van der Waals surface area contributed by atoms with Crippen LogP contribution in [0, 0.1) is 11.8 Å². The van der Waals surface area contributed by atoms with Crippen molar-refractivity contribution in [3.05, 3.63) is 47.5 Å². The van der Waals surface area contributed by atoms with Gasteiger partial charge in [0.1, 0.15) is 5.52 Å². The molecule has 3 aromatic rings. The molecule has 2 aromatic heterocycles. The molecule has 0 spiro atoms. The molecule has 0 fully saturated rings. The third-order valence-electron chi connectivity index (χ3n) is 3.44. The van der Waals surface area contributed by atoms with Crippen molar-refractivity contribution >= 4 is 22.8 Å². The molecular formula is C17H15N5O. The summed E-state index contributed by atoms with van der Waals surface area (Å²) in [6, 6.07) is 7.08. The predicted molar refractivity (Wildman–Crippen MR) is 87.8 cm³/mol. The van der Waals surface area contributed by atoms with Crippen LogP contribution in [0.4, 0.5) is 5.82 Å². The van der Waals surface area contributed by atoms with Crippen LogP contribution in [0.3, 0.4) is 0 Å². The first-order valence-electron chi connectivity index (χ1n) is 7.20. The smallest absolute Gasteiger partial charge is 0.209 e. The van der Waals surface area contributed by atoms with E-state index in [-0.39, 0.29) is 5.78 Å². The first-order chi connectivity index (χ1) is 11.1. The molecule has 3 rings (SSSR count). The summed E-state index contributed by atoms with van der Waals surface area (Å²) in [4.78, 5) is 24.0. The molecule has 2 heterocycles. The number of rotatable bonds is 2. The number of hydrogen-bond acceptors (Lipinski definition) is 5. The quantitative estimate of drug-likeness (QED) is 0.578. The second-order valence-electron chi connectivity index (χ2n) is 5.02. The van der Waals surface area contributed by atoms with Gasteiger partial charge in [0.25, 0.3) is 0 Å². The van der Waals surface area contributed by atoms with Crippen LogP contribution in [0.5, 0.6) is 0 Å². The zero-order valence-electron chi connectivity index (χ0n) is 12.9. The molecule has 0 aliphatic rings. The molecule has 0 bridgehead atoms. The number of ketones is 1. The number of nitrogen functional groups attached to an aromatic ring is 1. The Bertz CT molecular complexity index is 945. The second-order valence-corrected chi connectivity index (χ2v) is 5.02. The molecule has 0 saturated heterocycles. The number of fused-ring (bicyclic) bond motifs is 1. The van der Waals surface area contributed by atoms with Crippen molar-refractivity contribution in [2.45, 2.75) is 20.4 Å². The van der Waals surface area contributed by atoms with Crippen molar-refractivity contribution in [3.8, 4) is 11.8 Å². The van der Waals surface area contributed by atoms with E-state index in [9.17, 15) is 4.79 Å². The normalized spacial score (nSPS) is 10.3. The number of nitrogens with zero attached hydrogens (tertiary/aromatic N) is 4. The lowest BCUT2D eigenvalue weighted by Crippen LogP contribution is -2.01. The Morgan fingerprint density at radius 3 is 2.61 bits per heavy atom. The van der Waals surface area contributed by atoms with E-state index in [1.165, 1.54) is 6.92 Å². The molecule has 0 amide bonds. The van der Waals surface area contributed by atoms with Crippen LogP contribution in [-0.2, 0) is 6.54 Å². The summed E-state index contributed by atoms with van der Waals surface area (Å²) < 4.78 is 1.89. The van der Waals surface area contributed by atoms with E-state index >= 15 is 0 Å². The third kappa shape index (κ3) is 2.90. The maximum atomic E-state index is 11.3. The molecule has 0 aliphatic carbocycles. The van der Waals surface area contributed by atoms with E-state index in [4.69, 9.17) is 5.73 Å². The fraction of sp³-hybridized carbons (Fsp3) is 0.176. The number of hydrogen-bond donors (Lipinski definition) is 1. The third-order valence-corrected chi connectivity index (χ3v) is 3.44. The van der Waals surface area contributed by atoms with Crippen LogP contribution in [0.2, 0.25) is 0 Å². The Morgan fingerprint density at radius 1 is 1.22 bits per heavy atom. The molecule has 0 atom stereocenters. The molecule has 6 nitrogen and oxygen atoms in total. The number of carbonyl (C=O) groups is 1. The summed E-state index contributed by atoms with van der Waals surface area (Å²) in [5.41, 5.74) is 8.61. The van der Waals surface area contributed by atoms with Crippen molar-refractivity contribution in [1.29, 1.82) is 0 Å². The Labute approximate surface area is 133 Å². The summed E-state index contributed by atoms with van der Waals surface area (Å²) in [7, 11) is 0. The molecule has 6 heteroatoms. The average molecular weight is 305 g/mol. The summed E-state index contributed by atoms with van der Waals surface area (Å²) in [6.07, 6.45) is 1.69. The lowest BCUT2D eigenvalue weighted by atomic mass is 10.1. The lowest BCUT2D eigenvalue weighted by Gasteiger charge is -1.99. The summed E-state index contributed by atoms with van der Waals surface area (Å²) in [5, 5.41) is 0. The lowest BCUT2D eigenvalue weighted by molar-refractivity contribution is 0.101. The zero-order valence-corrected chi connectivity index (χ0v) is 12.9. The van der Waals surface area contributed by atoms with Gasteiger partial charge in [0.15, 0.2) is 17.2 Å². The molecule has 0 unspecified atom stereocenters. The van der Waals surface area contributed by atoms with E-state index in [1.54, 1.807) is 30.6 Å². The molecule has 0 radical (unpaired) electrons. The predicted octanol–water partition coefficient (Wildman–Crippen LogP) is 2.03. The van der Waals surface area contributed by atoms with E-state index in [2.05, 4.69) is 26.8 Å². The number of imidazole rings is 1. The van der Waals surface area contributed by atoms with E-state index in [0.29, 0.717) is 28.4 Å². The number of aromatic nitrogens is 4. The van der Waals surface area contributed by atoms with Gasteiger partial charge in [-0.25, -0.2) is 15.0 Å². The topological polar surface area (TPSA) is 86.7 Å². The average Bonchev–Trinajstić information content (AvgIpc) is 2.97. The highest BCUT2D eigenvalue weighted by Gasteiger charge is 2.09. The van der Waals surface area contributed by atoms with Crippen LogP contribution in [0.25, 0.3) is 11.2 Å². The maximum Gasteiger partial charge on any atom is 0.209 e. The molecule has 23 heavy (non-hydrogen) atoms. The van der Waals surface area contributed by atoms with Crippen molar-refractivity contribution in [2.75, 3.05) is 5.73 Å². The van der Waals surface area contributed by atoms with Crippen molar-refractivity contribution < 1.29 is 4.79 Å². The Balaban J connectivity index is 1.97. The Hall–Kier alpha value is -3.20. The first kappa shape index (κ1) is 14.7. The monoisotopic (exact) mass is 305 g/mol. The molecule has 114 valence electrons. The van der Waals surface area contributed by atoms with Gasteiger partial charge in [-0.05, 0) is 31.9 Å². The van der Waals surface area contributed by atoms with Gasteiger partial charge in [0, 0.05) is 17.7 Å². The highest BCUT2D eigenvalue weighted by atomic mass is 16.1. The fourth-order valence-corrected chi connectivity index (χ4v) is 2.17. The highest BCUT2D eigenvalue weighted by molar-refractivity contribution is 5.94. The minimum absolute atomic E-state index is 0.0268. The molecule has 1 aromatic carbocycles. The Morgan fingerprint density at radius 2 is 1.96 bits per heavy atom. The van der Waals surface area contributed by atoms with Gasteiger partial charge in [-0.2, -0.15) is 0 Å². The highest BCUT2D eigenvalue weighted by Crippen LogP contribution is 2.15. The largest absolute Gasteiger partial charge is 0.382 e. The van der Waals surface area contributed by atoms with Crippen LogP contribution < -0.4 is 5.73 Å². The maximum absolute atomic E-state index is 11.3.